The lowest BCUT2D eigenvalue weighted by atomic mass is 10.1. The van der Waals surface area contributed by atoms with Crippen LogP contribution < -0.4 is 11.1 Å². The Hall–Kier alpha value is -2.12. The van der Waals surface area contributed by atoms with E-state index < -0.39 is 0 Å². The van der Waals surface area contributed by atoms with Crippen molar-refractivity contribution in [3.63, 3.8) is 0 Å². The van der Waals surface area contributed by atoms with Gasteiger partial charge in [-0.1, -0.05) is 17.3 Å². The van der Waals surface area contributed by atoms with Gasteiger partial charge in [0.25, 0.3) is 5.91 Å². The summed E-state index contributed by atoms with van der Waals surface area (Å²) in [6.07, 6.45) is 0. The largest absolute Gasteiger partial charge is 0.409 e. The Morgan fingerprint density at radius 3 is 2.81 bits per heavy atom. The molecule has 1 aromatic rings. The minimum atomic E-state index is -0.171. The topological polar surface area (TPSA) is 100 Å². The molecule has 1 amide bonds. The third kappa shape index (κ3) is 4.44. The second kappa shape index (κ2) is 7.61. The first-order chi connectivity index (χ1) is 10.2. The van der Waals surface area contributed by atoms with E-state index in [4.69, 9.17) is 15.7 Å². The van der Waals surface area contributed by atoms with Crippen LogP contribution in [0.1, 0.15) is 15.9 Å². The number of amides is 1. The molecule has 0 bridgehead atoms. The van der Waals surface area contributed by atoms with E-state index in [0.717, 1.165) is 32.8 Å². The van der Waals surface area contributed by atoms with Gasteiger partial charge in [0.15, 0.2) is 5.84 Å². The number of oxime groups is 1. The minimum Gasteiger partial charge on any atom is -0.409 e. The van der Waals surface area contributed by atoms with Gasteiger partial charge in [0.2, 0.25) is 0 Å². The first kappa shape index (κ1) is 15.3. The molecule has 0 saturated carbocycles. The fraction of sp³-hybridized carbons (Fsp3) is 0.429. The molecule has 2 rings (SSSR count). The second-order valence-corrected chi connectivity index (χ2v) is 4.78. The molecule has 1 fully saturated rings. The minimum absolute atomic E-state index is 0.0158. The molecule has 0 spiro atoms. The molecule has 114 valence electrons. The molecule has 0 unspecified atom stereocenters. The number of nitrogens with two attached hydrogens (primary N) is 1. The highest BCUT2D eigenvalue weighted by Gasteiger charge is 2.11. The van der Waals surface area contributed by atoms with Crippen LogP contribution in [0, 0.1) is 0 Å². The molecule has 7 heteroatoms. The molecule has 1 aromatic carbocycles. The standard InChI is InChI=1S/C14H20N4O3/c15-13(17-20)11-2-1-3-12(10-11)14(19)16-4-5-18-6-8-21-9-7-18/h1-3,10,20H,4-9H2,(H2,15,17)(H,16,19). The van der Waals surface area contributed by atoms with Crippen LogP contribution in [0.2, 0.25) is 0 Å². The van der Waals surface area contributed by atoms with E-state index in [-0.39, 0.29) is 11.7 Å². The zero-order chi connectivity index (χ0) is 15.1. The van der Waals surface area contributed by atoms with E-state index in [9.17, 15) is 4.79 Å². The molecule has 21 heavy (non-hydrogen) atoms. The first-order valence-corrected chi connectivity index (χ1v) is 6.87. The lowest BCUT2D eigenvalue weighted by molar-refractivity contribution is 0.0383. The highest BCUT2D eigenvalue weighted by atomic mass is 16.5. The van der Waals surface area contributed by atoms with Gasteiger partial charge >= 0.3 is 0 Å². The average molecular weight is 292 g/mol. The normalized spacial score (nSPS) is 16.7. The van der Waals surface area contributed by atoms with E-state index in [1.165, 1.54) is 0 Å². The van der Waals surface area contributed by atoms with Gasteiger partial charge in [-0.25, -0.2) is 0 Å². The van der Waals surface area contributed by atoms with Crippen molar-refractivity contribution in [2.45, 2.75) is 0 Å². The fourth-order valence-electron chi connectivity index (χ4n) is 2.13. The Labute approximate surface area is 123 Å². The maximum Gasteiger partial charge on any atom is 0.251 e. The number of hydrogen-bond acceptors (Lipinski definition) is 5. The maximum atomic E-state index is 12.1. The third-order valence-electron chi connectivity index (χ3n) is 3.35. The zero-order valence-corrected chi connectivity index (χ0v) is 11.8. The van der Waals surface area contributed by atoms with Crippen molar-refractivity contribution < 1.29 is 14.7 Å². The highest BCUT2D eigenvalue weighted by Crippen LogP contribution is 2.05. The van der Waals surface area contributed by atoms with Crippen LogP contribution in [0.15, 0.2) is 29.4 Å². The Kier molecular flexibility index (Phi) is 5.53. The summed E-state index contributed by atoms with van der Waals surface area (Å²) >= 11 is 0. The van der Waals surface area contributed by atoms with E-state index in [1.54, 1.807) is 24.3 Å². The summed E-state index contributed by atoms with van der Waals surface area (Å²) in [7, 11) is 0. The predicted octanol–water partition coefficient (Wildman–Crippen LogP) is -0.157. The molecule has 7 nitrogen and oxygen atoms in total. The van der Waals surface area contributed by atoms with E-state index >= 15 is 0 Å². The summed E-state index contributed by atoms with van der Waals surface area (Å²) in [4.78, 5) is 14.3. The van der Waals surface area contributed by atoms with Crippen molar-refractivity contribution in [3.05, 3.63) is 35.4 Å². The van der Waals surface area contributed by atoms with Gasteiger partial charge < -0.3 is 21.0 Å². The van der Waals surface area contributed by atoms with Crippen LogP contribution in [-0.2, 0) is 4.74 Å². The quantitative estimate of drug-likeness (QED) is 0.303. The predicted molar refractivity (Wildman–Crippen MR) is 78.5 cm³/mol. The van der Waals surface area contributed by atoms with Crippen molar-refractivity contribution in [1.29, 1.82) is 0 Å². The lowest BCUT2D eigenvalue weighted by Crippen LogP contribution is -2.41. The molecule has 0 aliphatic carbocycles. The first-order valence-electron chi connectivity index (χ1n) is 6.87. The van der Waals surface area contributed by atoms with Crippen molar-refractivity contribution in [1.82, 2.24) is 10.2 Å². The Bertz CT molecular complexity index is 513. The van der Waals surface area contributed by atoms with Gasteiger partial charge in [-0.2, -0.15) is 0 Å². The second-order valence-electron chi connectivity index (χ2n) is 4.78. The fourth-order valence-corrected chi connectivity index (χ4v) is 2.13. The smallest absolute Gasteiger partial charge is 0.251 e. The average Bonchev–Trinajstić information content (AvgIpc) is 2.55. The SMILES string of the molecule is N/C(=N\O)c1cccc(C(=O)NCCN2CCOCC2)c1. The Morgan fingerprint density at radius 1 is 1.38 bits per heavy atom. The Morgan fingerprint density at radius 2 is 2.10 bits per heavy atom. The van der Waals surface area contributed by atoms with Crippen LogP contribution in [-0.4, -0.2) is 61.2 Å². The summed E-state index contributed by atoms with van der Waals surface area (Å²) in [6, 6.07) is 6.67. The van der Waals surface area contributed by atoms with Crippen molar-refractivity contribution in [2.75, 3.05) is 39.4 Å². The molecule has 1 aliphatic rings. The van der Waals surface area contributed by atoms with E-state index in [1.807, 2.05) is 0 Å². The lowest BCUT2D eigenvalue weighted by Gasteiger charge is -2.26. The number of hydrogen-bond donors (Lipinski definition) is 3. The third-order valence-corrected chi connectivity index (χ3v) is 3.35. The number of amidine groups is 1. The van der Waals surface area contributed by atoms with Crippen LogP contribution in [0.5, 0.6) is 0 Å². The highest BCUT2D eigenvalue weighted by molar-refractivity contribution is 6.01. The molecule has 1 aliphatic heterocycles. The number of morpholine rings is 1. The van der Waals surface area contributed by atoms with Gasteiger partial charge in [0.1, 0.15) is 0 Å². The molecule has 4 N–H and O–H groups in total. The van der Waals surface area contributed by atoms with Gasteiger partial charge in [0, 0.05) is 37.3 Å². The number of nitrogens with zero attached hydrogens (tertiary/aromatic N) is 2. The molecule has 1 heterocycles. The number of benzene rings is 1. The Balaban J connectivity index is 1.85. The van der Waals surface area contributed by atoms with Crippen LogP contribution in [0.25, 0.3) is 0 Å². The van der Waals surface area contributed by atoms with Crippen LogP contribution in [0.3, 0.4) is 0 Å². The zero-order valence-electron chi connectivity index (χ0n) is 11.8. The monoisotopic (exact) mass is 292 g/mol. The molecule has 1 saturated heterocycles. The summed E-state index contributed by atoms with van der Waals surface area (Å²) < 4.78 is 5.27. The molecular formula is C14H20N4O3. The van der Waals surface area contributed by atoms with Crippen molar-refractivity contribution in [2.24, 2.45) is 10.9 Å². The van der Waals surface area contributed by atoms with E-state index in [0.29, 0.717) is 17.7 Å². The van der Waals surface area contributed by atoms with Gasteiger partial charge in [-0.15, -0.1) is 0 Å². The van der Waals surface area contributed by atoms with Gasteiger partial charge in [-0.05, 0) is 12.1 Å². The molecule has 0 radical (unpaired) electrons. The number of ether oxygens (including phenoxy) is 1. The van der Waals surface area contributed by atoms with Gasteiger partial charge in [0.05, 0.1) is 13.2 Å². The van der Waals surface area contributed by atoms with Crippen molar-refractivity contribution >= 4 is 11.7 Å². The summed E-state index contributed by atoms with van der Waals surface area (Å²) in [5.74, 6) is -0.186. The number of carbonyl (C=O) groups is 1. The molecular weight excluding hydrogens is 272 g/mol. The van der Waals surface area contributed by atoms with Crippen molar-refractivity contribution in [3.8, 4) is 0 Å². The number of carbonyl (C=O) groups excluding carboxylic acids is 1. The molecule has 0 atom stereocenters. The van der Waals surface area contributed by atoms with E-state index in [2.05, 4.69) is 15.4 Å². The number of rotatable bonds is 5. The molecule has 0 aromatic heterocycles. The maximum absolute atomic E-state index is 12.1. The van der Waals surface area contributed by atoms with Crippen LogP contribution in [0.4, 0.5) is 0 Å². The summed E-state index contributed by atoms with van der Waals surface area (Å²) in [6.45, 7) is 4.66. The van der Waals surface area contributed by atoms with Crippen LogP contribution >= 0.6 is 0 Å². The summed E-state index contributed by atoms with van der Waals surface area (Å²) in [5, 5.41) is 14.4. The summed E-state index contributed by atoms with van der Waals surface area (Å²) in [5.41, 5.74) is 6.51. The number of nitrogens with one attached hydrogen (secondary N) is 1. The van der Waals surface area contributed by atoms with Gasteiger partial charge in [-0.3, -0.25) is 9.69 Å².